The highest BCUT2D eigenvalue weighted by molar-refractivity contribution is 8.26. The molecule has 2 aromatic carbocycles. The highest BCUT2D eigenvalue weighted by atomic mass is 32.3. The number of rotatable bonds is 5. The first-order valence-electron chi connectivity index (χ1n) is 8.35. The van der Waals surface area contributed by atoms with Gasteiger partial charge in [-0.25, -0.2) is 4.31 Å². The largest absolute Gasteiger partial charge is 0.309 e. The lowest BCUT2D eigenvalue weighted by Gasteiger charge is -2.53. The molecule has 0 amide bonds. The number of benzene rings is 2. The van der Waals surface area contributed by atoms with Gasteiger partial charge < -0.3 is 4.90 Å². The van der Waals surface area contributed by atoms with Gasteiger partial charge in [0, 0.05) is 0 Å². The Morgan fingerprint density at radius 2 is 1.71 bits per heavy atom. The van der Waals surface area contributed by atoms with Crippen molar-refractivity contribution >= 4 is 22.2 Å². The highest BCUT2D eigenvalue weighted by Crippen LogP contribution is 2.60. The quantitative estimate of drug-likeness (QED) is 0.820. The number of hydrogen-bond acceptors (Lipinski definition) is 4. The molecule has 1 heterocycles. The molecule has 4 nitrogen and oxygen atoms in total. The maximum Gasteiger partial charge on any atom is 0.0733 e. The molecule has 0 radical (unpaired) electrons. The van der Waals surface area contributed by atoms with Crippen LogP contribution in [0.1, 0.15) is 18.4 Å². The summed E-state index contributed by atoms with van der Waals surface area (Å²) in [4.78, 5) is 2.14. The van der Waals surface area contributed by atoms with Crippen LogP contribution >= 0.6 is 10.8 Å². The Morgan fingerprint density at radius 3 is 2.42 bits per heavy atom. The van der Waals surface area contributed by atoms with E-state index in [0.29, 0.717) is 0 Å². The van der Waals surface area contributed by atoms with Crippen LogP contribution < -0.4 is 4.31 Å². The van der Waals surface area contributed by atoms with Crippen molar-refractivity contribution in [3.63, 3.8) is 0 Å². The van der Waals surface area contributed by atoms with E-state index >= 15 is 0 Å². The zero-order chi connectivity index (χ0) is 17.2. The zero-order valence-electron chi connectivity index (χ0n) is 14.3. The maximum absolute atomic E-state index is 11.1. The van der Waals surface area contributed by atoms with Gasteiger partial charge in [0.25, 0.3) is 0 Å². The van der Waals surface area contributed by atoms with E-state index in [1.54, 1.807) is 4.31 Å². The summed E-state index contributed by atoms with van der Waals surface area (Å²) in [6.45, 7) is 0.957. The fourth-order valence-corrected chi connectivity index (χ4v) is 5.37. The summed E-state index contributed by atoms with van der Waals surface area (Å²) in [7, 11) is 1.18. The summed E-state index contributed by atoms with van der Waals surface area (Å²) in [5.74, 6) is 0. The van der Waals surface area contributed by atoms with Gasteiger partial charge in [0.2, 0.25) is 0 Å². The van der Waals surface area contributed by atoms with Crippen molar-refractivity contribution in [2.24, 2.45) is 0 Å². The first kappa shape index (κ1) is 17.3. The van der Waals surface area contributed by atoms with Gasteiger partial charge in [0.1, 0.15) is 0 Å². The Balaban J connectivity index is 1.96. The van der Waals surface area contributed by atoms with Crippen LogP contribution in [0, 0.1) is 0 Å². The normalized spacial score (nSPS) is 20.7. The van der Waals surface area contributed by atoms with Crippen LogP contribution in [0.4, 0.5) is 11.4 Å². The van der Waals surface area contributed by atoms with Crippen LogP contribution in [0.2, 0.25) is 0 Å². The minimum absolute atomic E-state index is 0.146. The molecule has 1 aliphatic heterocycles. The van der Waals surface area contributed by atoms with E-state index in [9.17, 15) is 9.11 Å². The van der Waals surface area contributed by atoms with E-state index in [-0.39, 0.29) is 5.25 Å². The smallest absolute Gasteiger partial charge is 0.0733 e. The van der Waals surface area contributed by atoms with Gasteiger partial charge in [-0.15, -0.1) is 10.8 Å². The molecule has 1 aliphatic rings. The molecule has 0 aromatic heterocycles. The van der Waals surface area contributed by atoms with Crippen molar-refractivity contribution in [3.8, 4) is 0 Å². The van der Waals surface area contributed by atoms with E-state index in [4.69, 9.17) is 0 Å². The Morgan fingerprint density at radius 1 is 1.04 bits per heavy atom. The third-order valence-electron chi connectivity index (χ3n) is 4.50. The van der Waals surface area contributed by atoms with E-state index in [1.165, 1.54) is 5.56 Å². The van der Waals surface area contributed by atoms with Gasteiger partial charge in [0.15, 0.2) is 0 Å². The summed E-state index contributed by atoms with van der Waals surface area (Å²) in [6.07, 6.45) is 2.48. The minimum Gasteiger partial charge on any atom is -0.309 e. The van der Waals surface area contributed by atoms with E-state index in [2.05, 4.69) is 11.0 Å². The SMILES string of the molecule is CN(C)CCCC1Cc2ccccc2N(c2ccccc2)S1(O)O. The van der Waals surface area contributed by atoms with Crippen molar-refractivity contribution in [1.82, 2.24) is 4.90 Å². The van der Waals surface area contributed by atoms with Gasteiger partial charge in [-0.2, -0.15) is 0 Å². The average Bonchev–Trinajstić information content (AvgIpc) is 2.55. The Bertz CT molecular complexity index is 676. The molecular formula is C19H26N2O2S. The first-order chi connectivity index (χ1) is 11.5. The van der Waals surface area contributed by atoms with Crippen LogP contribution in [0.5, 0.6) is 0 Å². The highest BCUT2D eigenvalue weighted by Gasteiger charge is 2.39. The van der Waals surface area contributed by atoms with Gasteiger partial charge >= 0.3 is 0 Å². The molecule has 2 aromatic rings. The Labute approximate surface area is 146 Å². The van der Waals surface area contributed by atoms with Crippen molar-refractivity contribution in [3.05, 3.63) is 60.2 Å². The summed E-state index contributed by atoms with van der Waals surface area (Å²) < 4.78 is 24.0. The molecule has 0 aliphatic carbocycles. The average molecular weight is 346 g/mol. The Hall–Kier alpha value is -1.53. The molecule has 24 heavy (non-hydrogen) atoms. The standard InChI is InChI=1S/C19H26N2O2S/c1-20(2)14-8-12-18-15-16-9-6-7-13-19(16)21(24(18,22)23)17-10-4-3-5-11-17/h3-7,9-11,13,18,22-23H,8,12,14-15H2,1-2H3. The van der Waals surface area contributed by atoms with Gasteiger partial charge in [0.05, 0.1) is 16.6 Å². The van der Waals surface area contributed by atoms with Gasteiger partial charge in [-0.1, -0.05) is 36.4 Å². The molecule has 2 N–H and O–H groups in total. The van der Waals surface area contributed by atoms with Crippen molar-refractivity contribution in [2.75, 3.05) is 24.9 Å². The predicted octanol–water partition coefficient (Wildman–Crippen LogP) is 4.76. The molecule has 5 heteroatoms. The lowest BCUT2D eigenvalue weighted by atomic mass is 10.0. The fourth-order valence-electron chi connectivity index (χ4n) is 3.29. The summed E-state index contributed by atoms with van der Waals surface area (Å²) in [5, 5.41) is -0.146. The minimum atomic E-state index is -2.91. The Kier molecular flexibility index (Phi) is 5.15. The second-order valence-electron chi connectivity index (χ2n) is 6.59. The van der Waals surface area contributed by atoms with Crippen molar-refractivity contribution in [2.45, 2.75) is 24.5 Å². The van der Waals surface area contributed by atoms with E-state index in [1.807, 2.05) is 62.6 Å². The monoisotopic (exact) mass is 346 g/mol. The number of para-hydroxylation sites is 2. The molecule has 3 rings (SSSR count). The van der Waals surface area contributed by atoms with E-state index in [0.717, 1.165) is 37.2 Å². The van der Waals surface area contributed by atoms with Gasteiger partial charge in [-0.3, -0.25) is 9.11 Å². The topological polar surface area (TPSA) is 46.9 Å². The lowest BCUT2D eigenvalue weighted by Crippen LogP contribution is -2.37. The maximum atomic E-state index is 11.1. The molecule has 0 saturated heterocycles. The van der Waals surface area contributed by atoms with Crippen molar-refractivity contribution in [1.29, 1.82) is 0 Å². The number of fused-ring (bicyclic) bond motifs is 1. The third-order valence-corrected chi connectivity index (χ3v) is 6.74. The predicted molar refractivity (Wildman–Crippen MR) is 103 cm³/mol. The zero-order valence-corrected chi connectivity index (χ0v) is 15.1. The number of nitrogens with zero attached hydrogens (tertiary/aromatic N) is 2. The second-order valence-corrected chi connectivity index (χ2v) is 8.75. The molecule has 0 bridgehead atoms. The number of hydrogen-bond donors (Lipinski definition) is 2. The van der Waals surface area contributed by atoms with Crippen LogP contribution in [0.15, 0.2) is 54.6 Å². The summed E-state index contributed by atoms with van der Waals surface area (Å²) in [5.41, 5.74) is 2.93. The van der Waals surface area contributed by atoms with E-state index < -0.39 is 10.8 Å². The van der Waals surface area contributed by atoms with Crippen LogP contribution in [-0.4, -0.2) is 39.9 Å². The summed E-state index contributed by atoms with van der Waals surface area (Å²) in [6, 6.07) is 17.7. The fraction of sp³-hybridized carbons (Fsp3) is 0.368. The molecule has 0 saturated carbocycles. The molecule has 0 spiro atoms. The first-order valence-corrected chi connectivity index (χ1v) is 9.92. The van der Waals surface area contributed by atoms with Crippen LogP contribution in [0.25, 0.3) is 0 Å². The summed E-state index contributed by atoms with van der Waals surface area (Å²) >= 11 is 0. The molecule has 130 valence electrons. The van der Waals surface area contributed by atoms with Gasteiger partial charge in [-0.05, 0) is 63.7 Å². The second kappa shape index (κ2) is 7.15. The molecule has 1 unspecified atom stereocenters. The molecular weight excluding hydrogens is 320 g/mol. The third kappa shape index (κ3) is 3.44. The number of anilines is 2. The lowest BCUT2D eigenvalue weighted by molar-refractivity contribution is 0.385. The molecule has 1 atom stereocenters. The van der Waals surface area contributed by atoms with Crippen molar-refractivity contribution < 1.29 is 9.11 Å². The van der Waals surface area contributed by atoms with Crippen LogP contribution in [-0.2, 0) is 6.42 Å². The molecule has 0 fully saturated rings. The van der Waals surface area contributed by atoms with Crippen LogP contribution in [0.3, 0.4) is 0 Å².